The Morgan fingerprint density at radius 2 is 1.50 bits per heavy atom. The van der Waals surface area contributed by atoms with Crippen LogP contribution in [0.2, 0.25) is 0 Å². The fourth-order valence-corrected chi connectivity index (χ4v) is 3.37. The molecule has 0 aliphatic heterocycles. The van der Waals surface area contributed by atoms with E-state index in [-0.39, 0.29) is 11.5 Å². The van der Waals surface area contributed by atoms with Crippen molar-refractivity contribution in [2.75, 3.05) is 6.61 Å². The molecule has 0 spiro atoms. The molecule has 1 unspecified atom stereocenters. The van der Waals surface area contributed by atoms with Gasteiger partial charge in [-0.05, 0) is 57.2 Å². The van der Waals surface area contributed by atoms with Crippen LogP contribution in [0.5, 0.6) is 0 Å². The lowest BCUT2D eigenvalue weighted by Gasteiger charge is -2.34. The van der Waals surface area contributed by atoms with Gasteiger partial charge in [-0.15, -0.1) is 0 Å². The van der Waals surface area contributed by atoms with Crippen LogP contribution in [0, 0.1) is 17.6 Å². The molecule has 0 aliphatic carbocycles. The summed E-state index contributed by atoms with van der Waals surface area (Å²) in [5.74, 6) is -0.750. The van der Waals surface area contributed by atoms with E-state index in [2.05, 4.69) is 20.8 Å². The van der Waals surface area contributed by atoms with E-state index in [1.165, 1.54) is 44.2 Å². The molecule has 0 saturated carbocycles. The molecule has 0 heterocycles. The van der Waals surface area contributed by atoms with E-state index < -0.39 is 11.6 Å². The van der Waals surface area contributed by atoms with E-state index in [4.69, 9.17) is 4.74 Å². The average Bonchev–Trinajstić information content (AvgIpc) is 2.48. The predicted octanol–water partition coefficient (Wildman–Crippen LogP) is 6.69. The first kappa shape index (κ1) is 21.1. The summed E-state index contributed by atoms with van der Waals surface area (Å²) in [6.45, 7) is 9.05. The summed E-state index contributed by atoms with van der Waals surface area (Å²) >= 11 is 0. The minimum absolute atomic E-state index is 0.254. The van der Waals surface area contributed by atoms with Gasteiger partial charge in [0.1, 0.15) is 11.6 Å². The molecule has 3 heteroatoms. The van der Waals surface area contributed by atoms with Gasteiger partial charge in [-0.1, -0.05) is 45.4 Å². The van der Waals surface area contributed by atoms with E-state index >= 15 is 0 Å². The molecular formula is C21H34F2O. The lowest BCUT2D eigenvalue weighted by molar-refractivity contribution is -0.0574. The van der Waals surface area contributed by atoms with Crippen molar-refractivity contribution in [1.82, 2.24) is 0 Å². The van der Waals surface area contributed by atoms with Crippen LogP contribution >= 0.6 is 0 Å². The van der Waals surface area contributed by atoms with Crippen LogP contribution < -0.4 is 0 Å². The SMILES string of the molecule is CCCCCCCCC(Cc1cc(F)cc(F)c1)C(C)(C)OCC. The third kappa shape index (κ3) is 7.74. The monoisotopic (exact) mass is 340 g/mol. The van der Waals surface area contributed by atoms with Gasteiger partial charge < -0.3 is 4.74 Å². The molecule has 1 aromatic carbocycles. The van der Waals surface area contributed by atoms with Crippen LogP contribution in [0.3, 0.4) is 0 Å². The predicted molar refractivity (Wildman–Crippen MR) is 97.3 cm³/mol. The van der Waals surface area contributed by atoms with Crippen molar-refractivity contribution in [2.45, 2.75) is 84.7 Å². The molecule has 0 saturated heterocycles. The third-order valence-corrected chi connectivity index (χ3v) is 4.81. The van der Waals surface area contributed by atoms with Crippen molar-refractivity contribution >= 4 is 0 Å². The van der Waals surface area contributed by atoms with E-state index in [1.54, 1.807) is 0 Å². The minimum atomic E-state index is -0.502. The summed E-state index contributed by atoms with van der Waals surface area (Å²) in [5.41, 5.74) is 0.428. The van der Waals surface area contributed by atoms with Gasteiger partial charge in [-0.25, -0.2) is 8.78 Å². The zero-order chi connectivity index (χ0) is 18.0. The Labute approximate surface area is 146 Å². The lowest BCUT2D eigenvalue weighted by atomic mass is 9.81. The molecule has 0 N–H and O–H groups in total. The van der Waals surface area contributed by atoms with Crippen molar-refractivity contribution in [1.29, 1.82) is 0 Å². The van der Waals surface area contributed by atoms with Gasteiger partial charge >= 0.3 is 0 Å². The van der Waals surface area contributed by atoms with Crippen LogP contribution in [0.4, 0.5) is 8.78 Å². The molecular weight excluding hydrogens is 306 g/mol. The molecule has 0 amide bonds. The highest BCUT2D eigenvalue weighted by molar-refractivity contribution is 5.19. The molecule has 24 heavy (non-hydrogen) atoms. The van der Waals surface area contributed by atoms with Gasteiger partial charge in [-0.3, -0.25) is 0 Å². The maximum absolute atomic E-state index is 13.5. The number of rotatable bonds is 12. The zero-order valence-corrected chi connectivity index (χ0v) is 15.8. The second kappa shape index (κ2) is 10.8. The zero-order valence-electron chi connectivity index (χ0n) is 15.8. The van der Waals surface area contributed by atoms with Crippen LogP contribution in [-0.4, -0.2) is 12.2 Å². The maximum atomic E-state index is 13.5. The van der Waals surface area contributed by atoms with Crippen molar-refractivity contribution < 1.29 is 13.5 Å². The Morgan fingerprint density at radius 1 is 0.917 bits per heavy atom. The first-order chi connectivity index (χ1) is 11.4. The standard InChI is InChI=1S/C21H34F2O/c1-5-7-8-9-10-11-12-18(21(3,4)24-6-2)13-17-14-19(22)16-20(23)15-17/h14-16,18H,5-13H2,1-4H3. The van der Waals surface area contributed by atoms with E-state index in [0.717, 1.165) is 24.5 Å². The number of hydrogen-bond donors (Lipinski definition) is 0. The molecule has 0 bridgehead atoms. The van der Waals surface area contributed by atoms with E-state index in [0.29, 0.717) is 13.0 Å². The fraction of sp³-hybridized carbons (Fsp3) is 0.714. The number of halogens is 2. The fourth-order valence-electron chi connectivity index (χ4n) is 3.37. The van der Waals surface area contributed by atoms with Gasteiger partial charge in [0.15, 0.2) is 0 Å². The second-order valence-corrected chi connectivity index (χ2v) is 7.27. The summed E-state index contributed by atoms with van der Waals surface area (Å²) in [6, 6.07) is 3.82. The molecule has 1 rings (SSSR count). The Kier molecular flexibility index (Phi) is 9.50. The van der Waals surface area contributed by atoms with Gasteiger partial charge in [0.2, 0.25) is 0 Å². The number of unbranched alkanes of at least 4 members (excludes halogenated alkanes) is 5. The Bertz CT molecular complexity index is 451. The summed E-state index contributed by atoms with van der Waals surface area (Å²) in [6.07, 6.45) is 9.16. The Balaban J connectivity index is 2.67. The quantitative estimate of drug-likeness (QED) is 0.385. The van der Waals surface area contributed by atoms with E-state index in [9.17, 15) is 8.78 Å². The van der Waals surface area contributed by atoms with Crippen LogP contribution in [0.25, 0.3) is 0 Å². The van der Waals surface area contributed by atoms with Crippen LogP contribution in [0.15, 0.2) is 18.2 Å². The summed E-state index contributed by atoms with van der Waals surface area (Å²) in [4.78, 5) is 0. The maximum Gasteiger partial charge on any atom is 0.126 e. The molecule has 1 aromatic rings. The van der Waals surface area contributed by atoms with Crippen LogP contribution in [0.1, 0.15) is 78.2 Å². The third-order valence-electron chi connectivity index (χ3n) is 4.81. The Hall–Kier alpha value is -0.960. The largest absolute Gasteiger partial charge is 0.376 e. The topological polar surface area (TPSA) is 9.23 Å². The summed E-state index contributed by atoms with van der Waals surface area (Å²) < 4.78 is 32.9. The van der Waals surface area contributed by atoms with Crippen molar-refractivity contribution in [2.24, 2.45) is 5.92 Å². The molecule has 1 atom stereocenters. The smallest absolute Gasteiger partial charge is 0.126 e. The molecule has 0 radical (unpaired) electrons. The van der Waals surface area contributed by atoms with Gasteiger partial charge in [-0.2, -0.15) is 0 Å². The van der Waals surface area contributed by atoms with Crippen molar-refractivity contribution in [3.63, 3.8) is 0 Å². The number of ether oxygens (including phenoxy) is 1. The summed E-state index contributed by atoms with van der Waals surface area (Å²) in [5, 5.41) is 0. The number of benzene rings is 1. The average molecular weight is 340 g/mol. The molecule has 0 fully saturated rings. The van der Waals surface area contributed by atoms with Crippen molar-refractivity contribution in [3.8, 4) is 0 Å². The van der Waals surface area contributed by atoms with Crippen molar-refractivity contribution in [3.05, 3.63) is 35.4 Å². The molecule has 1 nitrogen and oxygen atoms in total. The van der Waals surface area contributed by atoms with Gasteiger partial charge in [0, 0.05) is 12.7 Å². The first-order valence-corrected chi connectivity index (χ1v) is 9.48. The highest BCUT2D eigenvalue weighted by Gasteiger charge is 2.29. The second-order valence-electron chi connectivity index (χ2n) is 7.27. The molecule has 0 aromatic heterocycles. The molecule has 138 valence electrons. The summed E-state index contributed by atoms with van der Waals surface area (Å²) in [7, 11) is 0. The van der Waals surface area contributed by atoms with E-state index in [1.807, 2.05) is 6.92 Å². The first-order valence-electron chi connectivity index (χ1n) is 9.48. The Morgan fingerprint density at radius 3 is 2.08 bits per heavy atom. The highest BCUT2D eigenvalue weighted by Crippen LogP contribution is 2.30. The van der Waals surface area contributed by atoms with Gasteiger partial charge in [0.25, 0.3) is 0 Å². The highest BCUT2D eigenvalue weighted by atomic mass is 19.1. The van der Waals surface area contributed by atoms with Crippen LogP contribution in [-0.2, 0) is 11.2 Å². The number of hydrogen-bond acceptors (Lipinski definition) is 1. The molecule has 0 aliphatic rings. The minimum Gasteiger partial charge on any atom is -0.376 e. The van der Waals surface area contributed by atoms with Gasteiger partial charge in [0.05, 0.1) is 5.60 Å². The lowest BCUT2D eigenvalue weighted by Crippen LogP contribution is -2.36. The normalized spacial score (nSPS) is 13.2.